The molecule has 0 nitrogen and oxygen atoms in total. The van der Waals surface area contributed by atoms with Gasteiger partial charge in [-0.05, 0) is 6.42 Å². The molecule has 0 bridgehead atoms. The maximum Gasteiger partial charge on any atom is 0.0894 e. The Balaban J connectivity index is 3.04. The number of halogens is 1. The molecule has 0 aromatic heterocycles. The van der Waals surface area contributed by atoms with E-state index >= 15 is 0 Å². The molecule has 0 saturated heterocycles. The van der Waals surface area contributed by atoms with Gasteiger partial charge >= 0.3 is 0 Å². The zero-order valence-electron chi connectivity index (χ0n) is 36.7. The van der Waals surface area contributed by atoms with Crippen LogP contribution in [0.15, 0.2) is 0 Å². The maximum atomic E-state index is 12.1. The van der Waals surface area contributed by atoms with Gasteiger partial charge in [0, 0.05) is 0 Å². The van der Waals surface area contributed by atoms with Crippen molar-refractivity contribution >= 4 is 0 Å². The lowest BCUT2D eigenvalue weighted by Crippen LogP contribution is -1.85. The average Bonchev–Trinajstić information content (AvgIpc) is 3.16. The molecule has 0 N–H and O–H groups in total. The molecule has 0 aromatic rings. The Labute approximate surface area is 331 Å². The van der Waals surface area contributed by atoms with Gasteiger partial charge in [0.1, 0.15) is 0 Å². The van der Waals surface area contributed by atoms with E-state index in [4.69, 9.17) is 0 Å². The minimum absolute atomic E-state index is 0.125. The highest BCUT2D eigenvalue weighted by Gasteiger charge is 1.99. The van der Waals surface area contributed by atoms with Crippen LogP contribution in [0.1, 0.15) is 322 Å². The molecule has 0 radical (unpaired) electrons. The number of unbranched alkanes of at least 4 members (excludes halogenated alkanes) is 48. The molecule has 0 atom stereocenters. The fourth-order valence-corrected chi connectivity index (χ4v) is 8.48. The molecule has 0 aliphatic heterocycles. The predicted octanol–water partition coefficient (Wildman–Crippen LogP) is 20.1. The number of alkyl halides is 1. The summed E-state index contributed by atoms with van der Waals surface area (Å²) in [5.41, 5.74) is 0. The van der Waals surface area contributed by atoms with Crippen molar-refractivity contribution < 1.29 is 4.39 Å². The monoisotopic (exact) mass is 735 g/mol. The Morgan fingerprint density at radius 2 is 0.250 bits per heavy atom. The molecule has 1 heteroatoms. The van der Waals surface area contributed by atoms with E-state index in [-0.39, 0.29) is 6.67 Å². The summed E-state index contributed by atoms with van der Waals surface area (Å²) in [6, 6.07) is 0. The molecule has 0 unspecified atom stereocenters. The molecular formula is C51H103F. The second-order valence-corrected chi connectivity index (χ2v) is 17.7. The number of hydrogen-bond acceptors (Lipinski definition) is 0. The highest BCUT2D eigenvalue weighted by molar-refractivity contribution is 4.54. The quantitative estimate of drug-likeness (QED) is 0.0546. The van der Waals surface area contributed by atoms with E-state index in [0.717, 1.165) is 12.8 Å². The molecule has 0 aliphatic carbocycles. The number of hydrogen-bond donors (Lipinski definition) is 0. The first-order chi connectivity index (χ1) is 25.9. The predicted molar refractivity (Wildman–Crippen MR) is 238 cm³/mol. The maximum absolute atomic E-state index is 12.1. The molecule has 0 rings (SSSR count). The van der Waals surface area contributed by atoms with Gasteiger partial charge in [0.25, 0.3) is 0 Å². The molecule has 0 amide bonds. The van der Waals surface area contributed by atoms with Gasteiger partial charge in [-0.15, -0.1) is 0 Å². The van der Waals surface area contributed by atoms with Crippen molar-refractivity contribution in [2.24, 2.45) is 0 Å². The van der Waals surface area contributed by atoms with Crippen LogP contribution in [-0.4, -0.2) is 6.67 Å². The van der Waals surface area contributed by atoms with Crippen molar-refractivity contribution in [3.05, 3.63) is 0 Å². The minimum atomic E-state index is -0.125. The van der Waals surface area contributed by atoms with E-state index in [2.05, 4.69) is 6.92 Å². The summed E-state index contributed by atoms with van der Waals surface area (Å²) < 4.78 is 12.1. The highest BCUT2D eigenvalue weighted by Crippen LogP contribution is 2.18. The molecular weight excluding hydrogens is 632 g/mol. The van der Waals surface area contributed by atoms with E-state index in [1.165, 1.54) is 302 Å². The van der Waals surface area contributed by atoms with Crippen LogP contribution in [0.5, 0.6) is 0 Å². The Morgan fingerprint density at radius 3 is 0.346 bits per heavy atom. The largest absolute Gasteiger partial charge is 0.251 e. The van der Waals surface area contributed by atoms with Crippen molar-refractivity contribution in [1.82, 2.24) is 0 Å². The van der Waals surface area contributed by atoms with Crippen molar-refractivity contribution in [3.63, 3.8) is 0 Å². The van der Waals surface area contributed by atoms with Crippen LogP contribution in [0.4, 0.5) is 4.39 Å². The van der Waals surface area contributed by atoms with Crippen LogP contribution in [0, 0.1) is 0 Å². The smallest absolute Gasteiger partial charge is 0.0894 e. The van der Waals surface area contributed by atoms with Gasteiger partial charge in [0.15, 0.2) is 0 Å². The highest BCUT2D eigenvalue weighted by atomic mass is 19.1. The zero-order chi connectivity index (χ0) is 37.4. The van der Waals surface area contributed by atoms with Crippen molar-refractivity contribution in [3.8, 4) is 0 Å². The van der Waals surface area contributed by atoms with Gasteiger partial charge in [0.05, 0.1) is 6.67 Å². The second kappa shape index (κ2) is 50.9. The zero-order valence-corrected chi connectivity index (χ0v) is 36.7. The summed E-state index contributed by atoms with van der Waals surface area (Å²) in [6.45, 7) is 2.19. The first kappa shape index (κ1) is 51.9. The summed E-state index contributed by atoms with van der Waals surface area (Å²) in [5.74, 6) is 0. The summed E-state index contributed by atoms with van der Waals surface area (Å²) in [6.07, 6.45) is 70.7. The van der Waals surface area contributed by atoms with E-state index in [1.54, 1.807) is 0 Å². The molecule has 52 heavy (non-hydrogen) atoms. The van der Waals surface area contributed by atoms with Crippen LogP contribution in [0.3, 0.4) is 0 Å². The Hall–Kier alpha value is -0.0700. The first-order valence-electron chi connectivity index (χ1n) is 25.5. The lowest BCUT2D eigenvalue weighted by atomic mass is 10.0. The summed E-state index contributed by atoms with van der Waals surface area (Å²) in [4.78, 5) is 0. The van der Waals surface area contributed by atoms with Gasteiger partial charge in [-0.1, -0.05) is 315 Å². The first-order valence-corrected chi connectivity index (χ1v) is 25.5. The third-order valence-electron chi connectivity index (χ3n) is 12.2. The fraction of sp³-hybridized carbons (Fsp3) is 1.00. The molecule has 0 fully saturated rings. The molecule has 0 saturated carbocycles. The van der Waals surface area contributed by atoms with Crippen LogP contribution in [0.2, 0.25) is 0 Å². The van der Waals surface area contributed by atoms with Crippen molar-refractivity contribution in [1.29, 1.82) is 0 Å². The Kier molecular flexibility index (Phi) is 50.9. The van der Waals surface area contributed by atoms with E-state index in [9.17, 15) is 4.39 Å². The normalized spacial score (nSPS) is 11.7. The van der Waals surface area contributed by atoms with Gasteiger partial charge in [-0.25, -0.2) is 0 Å². The van der Waals surface area contributed by atoms with E-state index in [0.29, 0.717) is 0 Å². The topological polar surface area (TPSA) is 0 Å². The molecule has 0 aliphatic rings. The minimum Gasteiger partial charge on any atom is -0.251 e. The fourth-order valence-electron chi connectivity index (χ4n) is 8.48. The SMILES string of the molecule is CCCCCCCCCCCCCCCCCCCCCCCCCCCCCCCCCCCCCCCCCCCCCCCCCCCF. The lowest BCUT2D eigenvalue weighted by Gasteiger charge is -2.05. The number of rotatable bonds is 49. The van der Waals surface area contributed by atoms with Crippen LogP contribution in [-0.2, 0) is 0 Å². The standard InChI is InChI=1S/C51H103F/c1-2-3-4-5-6-7-8-9-10-11-12-13-14-15-16-17-18-19-20-21-22-23-24-25-26-27-28-29-30-31-32-33-34-35-36-37-38-39-40-41-42-43-44-45-46-47-48-49-50-51-52/h2-51H2,1H3. The lowest BCUT2D eigenvalue weighted by molar-refractivity contribution is 0.448. The summed E-state index contributed by atoms with van der Waals surface area (Å²) >= 11 is 0. The van der Waals surface area contributed by atoms with E-state index < -0.39 is 0 Å². The Bertz CT molecular complexity index is 522. The van der Waals surface area contributed by atoms with Crippen molar-refractivity contribution in [2.75, 3.05) is 6.67 Å². The van der Waals surface area contributed by atoms with Crippen LogP contribution >= 0.6 is 0 Å². The molecule has 0 aromatic carbocycles. The van der Waals surface area contributed by atoms with Gasteiger partial charge in [-0.2, -0.15) is 0 Å². The van der Waals surface area contributed by atoms with Crippen LogP contribution in [0.25, 0.3) is 0 Å². The average molecular weight is 735 g/mol. The summed E-state index contributed by atoms with van der Waals surface area (Å²) in [5, 5.41) is 0. The van der Waals surface area contributed by atoms with Gasteiger partial charge in [0.2, 0.25) is 0 Å². The van der Waals surface area contributed by atoms with Gasteiger partial charge in [-0.3, -0.25) is 4.39 Å². The molecule has 0 heterocycles. The molecule has 0 spiro atoms. The second-order valence-electron chi connectivity index (χ2n) is 17.7. The third-order valence-corrected chi connectivity index (χ3v) is 12.2. The van der Waals surface area contributed by atoms with Crippen LogP contribution < -0.4 is 0 Å². The third kappa shape index (κ3) is 49.9. The Morgan fingerprint density at radius 1 is 0.154 bits per heavy atom. The summed E-state index contributed by atoms with van der Waals surface area (Å²) in [7, 11) is 0. The van der Waals surface area contributed by atoms with Crippen molar-refractivity contribution in [2.45, 2.75) is 322 Å². The molecule has 314 valence electrons. The van der Waals surface area contributed by atoms with Gasteiger partial charge < -0.3 is 0 Å². The van der Waals surface area contributed by atoms with E-state index in [1.807, 2.05) is 0 Å².